The quantitative estimate of drug-likeness (QED) is 0.368. The number of hydrogen-bond acceptors (Lipinski definition) is 4. The van der Waals surface area contributed by atoms with Crippen molar-refractivity contribution in [1.29, 1.82) is 0 Å². The van der Waals surface area contributed by atoms with Crippen LogP contribution in [0, 0.1) is 6.92 Å². The van der Waals surface area contributed by atoms with Crippen LogP contribution in [0.1, 0.15) is 56.3 Å². The Morgan fingerprint density at radius 3 is 2.08 bits per heavy atom. The number of aryl methyl sites for hydroxylation is 1. The molecule has 0 heterocycles. The van der Waals surface area contributed by atoms with Crippen LogP contribution in [-0.2, 0) is 20.7 Å². The van der Waals surface area contributed by atoms with Gasteiger partial charge in [0.05, 0.1) is 0 Å². The van der Waals surface area contributed by atoms with Crippen LogP contribution in [0.15, 0.2) is 84.9 Å². The van der Waals surface area contributed by atoms with Gasteiger partial charge in [0.15, 0.2) is 0 Å². The van der Waals surface area contributed by atoms with E-state index in [1.54, 1.807) is 25.7 Å². The van der Waals surface area contributed by atoms with E-state index in [2.05, 4.69) is 10.6 Å². The lowest BCUT2D eigenvalue weighted by atomic mass is 10.00. The van der Waals surface area contributed by atoms with Crippen LogP contribution in [0.4, 0.5) is 10.5 Å². The van der Waals surface area contributed by atoms with E-state index in [-0.39, 0.29) is 24.3 Å². The Labute approximate surface area is 230 Å². The van der Waals surface area contributed by atoms with Crippen LogP contribution in [0.25, 0.3) is 0 Å². The average Bonchev–Trinajstić information content (AvgIpc) is 3.73. The lowest BCUT2D eigenvalue weighted by molar-refractivity contribution is -0.141. The molecule has 0 radical (unpaired) electrons. The Bertz CT molecular complexity index is 1280. The van der Waals surface area contributed by atoms with Gasteiger partial charge >= 0.3 is 6.09 Å². The highest BCUT2D eigenvalue weighted by molar-refractivity contribution is 5.99. The topological polar surface area (TPSA) is 87.7 Å². The zero-order valence-electron chi connectivity index (χ0n) is 23.0. The average molecular weight is 528 g/mol. The third-order valence-electron chi connectivity index (χ3n) is 6.51. The maximum Gasteiger partial charge on any atom is 0.408 e. The first kappa shape index (κ1) is 27.9. The van der Waals surface area contributed by atoms with Gasteiger partial charge in [-0.25, -0.2) is 4.79 Å². The molecule has 0 bridgehead atoms. The minimum absolute atomic E-state index is 0.107. The van der Waals surface area contributed by atoms with Crippen LogP contribution in [0.2, 0.25) is 0 Å². The summed E-state index contributed by atoms with van der Waals surface area (Å²) in [6.07, 6.45) is 1.17. The van der Waals surface area contributed by atoms with Crippen molar-refractivity contribution in [2.24, 2.45) is 0 Å². The highest BCUT2D eigenvalue weighted by atomic mass is 16.6. The zero-order chi connectivity index (χ0) is 28.0. The molecule has 204 valence electrons. The van der Waals surface area contributed by atoms with Crippen LogP contribution < -0.4 is 10.6 Å². The predicted molar refractivity (Wildman–Crippen MR) is 152 cm³/mol. The Kier molecular flexibility index (Phi) is 8.69. The number of anilines is 1. The van der Waals surface area contributed by atoms with Crippen molar-refractivity contribution < 1.29 is 19.1 Å². The van der Waals surface area contributed by atoms with Gasteiger partial charge in [0.2, 0.25) is 5.91 Å². The summed E-state index contributed by atoms with van der Waals surface area (Å²) in [5.41, 5.74) is 2.50. The van der Waals surface area contributed by atoms with Crippen molar-refractivity contribution in [1.82, 2.24) is 10.2 Å². The molecule has 0 aromatic heterocycles. The van der Waals surface area contributed by atoms with Crippen LogP contribution in [-0.4, -0.2) is 40.5 Å². The van der Waals surface area contributed by atoms with E-state index >= 15 is 0 Å². The SMILES string of the molecule is Cc1ccccc1NC(=O)C(c1ccccc1)N(C(=O)C(Cc1ccccc1)NC(=O)OC(C)(C)C)C1CC1. The van der Waals surface area contributed by atoms with Gasteiger partial charge in [-0.3, -0.25) is 9.59 Å². The van der Waals surface area contributed by atoms with Crippen molar-refractivity contribution in [3.63, 3.8) is 0 Å². The molecule has 0 spiro atoms. The van der Waals surface area contributed by atoms with Crippen LogP contribution in [0.5, 0.6) is 0 Å². The third kappa shape index (κ3) is 7.69. The zero-order valence-corrected chi connectivity index (χ0v) is 23.0. The monoisotopic (exact) mass is 527 g/mol. The Morgan fingerprint density at radius 1 is 0.897 bits per heavy atom. The summed E-state index contributed by atoms with van der Waals surface area (Å²) >= 11 is 0. The molecule has 1 fully saturated rings. The van der Waals surface area contributed by atoms with Gasteiger partial charge in [-0.05, 0) is 63.3 Å². The molecule has 2 unspecified atom stereocenters. The lowest BCUT2D eigenvalue weighted by Crippen LogP contribution is -2.54. The first-order chi connectivity index (χ1) is 18.6. The van der Waals surface area contributed by atoms with Crippen molar-refractivity contribution in [3.05, 3.63) is 102 Å². The fraction of sp³-hybridized carbons (Fsp3) is 0.344. The molecule has 4 rings (SSSR count). The summed E-state index contributed by atoms with van der Waals surface area (Å²) in [6, 6.07) is 24.5. The van der Waals surface area contributed by atoms with E-state index in [0.717, 1.165) is 24.0 Å². The normalized spacial score (nSPS) is 14.6. The fourth-order valence-corrected chi connectivity index (χ4v) is 4.54. The van der Waals surface area contributed by atoms with Crippen molar-refractivity contribution >= 4 is 23.6 Å². The third-order valence-corrected chi connectivity index (χ3v) is 6.51. The smallest absolute Gasteiger partial charge is 0.408 e. The lowest BCUT2D eigenvalue weighted by Gasteiger charge is -2.35. The number of rotatable bonds is 9. The van der Waals surface area contributed by atoms with Gasteiger partial charge in [0.25, 0.3) is 5.91 Å². The number of para-hydroxylation sites is 1. The maximum absolute atomic E-state index is 14.3. The van der Waals surface area contributed by atoms with E-state index in [4.69, 9.17) is 4.74 Å². The summed E-state index contributed by atoms with van der Waals surface area (Å²) in [5, 5.41) is 5.85. The summed E-state index contributed by atoms with van der Waals surface area (Å²) in [7, 11) is 0. The molecule has 7 nitrogen and oxygen atoms in total. The number of carbonyl (C=O) groups is 3. The van der Waals surface area contributed by atoms with Crippen molar-refractivity contribution in [2.75, 3.05) is 5.32 Å². The number of ether oxygens (including phenoxy) is 1. The summed E-state index contributed by atoms with van der Waals surface area (Å²) in [5.74, 6) is -0.618. The van der Waals surface area contributed by atoms with Crippen LogP contribution >= 0.6 is 0 Å². The highest BCUT2D eigenvalue weighted by Crippen LogP contribution is 2.36. The molecule has 0 saturated heterocycles. The van der Waals surface area contributed by atoms with Gasteiger partial charge in [0.1, 0.15) is 17.7 Å². The molecule has 39 heavy (non-hydrogen) atoms. The summed E-state index contributed by atoms with van der Waals surface area (Å²) < 4.78 is 5.50. The van der Waals surface area contributed by atoms with E-state index < -0.39 is 23.8 Å². The largest absolute Gasteiger partial charge is 0.444 e. The molecular weight excluding hydrogens is 490 g/mol. The fourth-order valence-electron chi connectivity index (χ4n) is 4.54. The maximum atomic E-state index is 14.3. The second-order valence-electron chi connectivity index (χ2n) is 11.0. The first-order valence-corrected chi connectivity index (χ1v) is 13.4. The number of hydrogen-bond donors (Lipinski definition) is 2. The van der Waals surface area contributed by atoms with Gasteiger partial charge in [-0.1, -0.05) is 78.9 Å². The van der Waals surface area contributed by atoms with E-state index in [9.17, 15) is 14.4 Å². The van der Waals surface area contributed by atoms with Gasteiger partial charge in [-0.2, -0.15) is 0 Å². The summed E-state index contributed by atoms with van der Waals surface area (Å²) in [6.45, 7) is 7.26. The number of benzene rings is 3. The number of carbonyl (C=O) groups excluding carboxylic acids is 3. The Balaban J connectivity index is 1.69. The minimum Gasteiger partial charge on any atom is -0.444 e. The van der Waals surface area contributed by atoms with Gasteiger partial charge in [0, 0.05) is 18.2 Å². The minimum atomic E-state index is -0.916. The molecular formula is C32H37N3O4. The van der Waals surface area contributed by atoms with Gasteiger partial charge in [-0.15, -0.1) is 0 Å². The number of nitrogens with one attached hydrogen (secondary N) is 2. The van der Waals surface area contributed by atoms with E-state index in [1.807, 2.05) is 91.9 Å². The second-order valence-corrected chi connectivity index (χ2v) is 11.0. The molecule has 1 aliphatic rings. The Morgan fingerprint density at radius 2 is 1.49 bits per heavy atom. The number of alkyl carbamates (subject to hydrolysis) is 1. The first-order valence-electron chi connectivity index (χ1n) is 13.4. The number of amides is 3. The summed E-state index contributed by atoms with van der Waals surface area (Å²) in [4.78, 5) is 42.8. The van der Waals surface area contributed by atoms with Gasteiger partial charge < -0.3 is 20.3 Å². The van der Waals surface area contributed by atoms with Crippen LogP contribution in [0.3, 0.4) is 0 Å². The highest BCUT2D eigenvalue weighted by Gasteiger charge is 2.44. The molecule has 3 aromatic carbocycles. The standard InChI is InChI=1S/C32H37N3O4/c1-22-13-11-12-18-26(22)33-29(36)28(24-16-9-6-10-17-24)35(25-19-20-25)30(37)27(21-23-14-7-5-8-15-23)34-31(38)39-32(2,3)4/h5-18,25,27-28H,19-21H2,1-4H3,(H,33,36)(H,34,38). The number of nitrogens with zero attached hydrogens (tertiary/aromatic N) is 1. The molecule has 2 atom stereocenters. The van der Waals surface area contributed by atoms with E-state index in [1.165, 1.54) is 0 Å². The van der Waals surface area contributed by atoms with E-state index in [0.29, 0.717) is 11.3 Å². The molecule has 0 aliphatic heterocycles. The molecule has 2 N–H and O–H groups in total. The second kappa shape index (κ2) is 12.2. The van der Waals surface area contributed by atoms with Crippen molar-refractivity contribution in [2.45, 2.75) is 70.7 Å². The van der Waals surface area contributed by atoms with Crippen molar-refractivity contribution in [3.8, 4) is 0 Å². The molecule has 1 saturated carbocycles. The molecule has 3 amide bonds. The molecule has 7 heteroatoms. The molecule has 1 aliphatic carbocycles. The Hall–Kier alpha value is -4.13. The molecule has 3 aromatic rings. The predicted octanol–water partition coefficient (Wildman–Crippen LogP) is 5.80.